The van der Waals surface area contributed by atoms with Crippen molar-refractivity contribution in [3.05, 3.63) is 24.3 Å². The molecule has 0 unspecified atom stereocenters. The van der Waals surface area contributed by atoms with Crippen LogP contribution in [0, 0.1) is 5.92 Å². The molecule has 0 spiro atoms. The summed E-state index contributed by atoms with van der Waals surface area (Å²) in [4.78, 5) is 28.0. The van der Waals surface area contributed by atoms with Gasteiger partial charge in [-0.2, -0.15) is 0 Å². The highest BCUT2D eigenvalue weighted by molar-refractivity contribution is 5.89. The number of carbonyl (C=O) groups is 2. The van der Waals surface area contributed by atoms with Crippen LogP contribution in [-0.4, -0.2) is 62.8 Å². The normalized spacial score (nSPS) is 23.1. The molecule has 1 saturated heterocycles. The van der Waals surface area contributed by atoms with Crippen molar-refractivity contribution in [2.24, 2.45) is 5.92 Å². The van der Waals surface area contributed by atoms with E-state index in [1.54, 1.807) is 0 Å². The first-order chi connectivity index (χ1) is 13.5. The molecule has 154 valence electrons. The van der Waals surface area contributed by atoms with Gasteiger partial charge in [0.1, 0.15) is 0 Å². The number of piperazine rings is 1. The molecule has 1 aromatic rings. The van der Waals surface area contributed by atoms with Gasteiger partial charge in [-0.25, -0.2) is 4.79 Å². The lowest BCUT2D eigenvalue weighted by molar-refractivity contribution is -0.142. The zero-order valence-electron chi connectivity index (χ0n) is 16.9. The number of urea groups is 1. The van der Waals surface area contributed by atoms with E-state index in [1.807, 2.05) is 24.3 Å². The van der Waals surface area contributed by atoms with E-state index < -0.39 is 0 Å². The summed E-state index contributed by atoms with van der Waals surface area (Å²) in [6.07, 6.45) is 4.50. The third kappa shape index (κ3) is 5.86. The molecule has 28 heavy (non-hydrogen) atoms. The molecular weight excluding hydrogens is 356 g/mol. The number of hydrogen-bond donors (Lipinski definition) is 2. The van der Waals surface area contributed by atoms with Gasteiger partial charge in [-0.15, -0.1) is 0 Å². The molecule has 2 fully saturated rings. The van der Waals surface area contributed by atoms with Crippen LogP contribution in [0.4, 0.5) is 16.2 Å². The number of amides is 2. The van der Waals surface area contributed by atoms with Gasteiger partial charge >= 0.3 is 12.0 Å². The third-order valence-corrected chi connectivity index (χ3v) is 5.79. The molecule has 3 rings (SSSR count). The Morgan fingerprint density at radius 2 is 1.68 bits per heavy atom. The van der Waals surface area contributed by atoms with Crippen molar-refractivity contribution in [1.29, 1.82) is 0 Å². The Morgan fingerprint density at radius 1 is 1.04 bits per heavy atom. The second-order valence-electron chi connectivity index (χ2n) is 7.94. The minimum Gasteiger partial charge on any atom is -0.468 e. The third-order valence-electron chi connectivity index (χ3n) is 5.79. The minimum absolute atomic E-state index is 0.122. The Morgan fingerprint density at radius 3 is 2.29 bits per heavy atom. The summed E-state index contributed by atoms with van der Waals surface area (Å²) in [5.41, 5.74) is 1.93. The smallest absolute Gasteiger partial charge is 0.319 e. The molecule has 1 aliphatic heterocycles. The molecule has 0 aromatic heterocycles. The van der Waals surface area contributed by atoms with Crippen molar-refractivity contribution in [2.75, 3.05) is 50.1 Å². The average Bonchev–Trinajstić information content (AvgIpc) is 2.71. The lowest BCUT2D eigenvalue weighted by atomic mass is 9.87. The van der Waals surface area contributed by atoms with Gasteiger partial charge in [0.15, 0.2) is 0 Å². The van der Waals surface area contributed by atoms with Gasteiger partial charge in [0.25, 0.3) is 0 Å². The van der Waals surface area contributed by atoms with Gasteiger partial charge in [0.05, 0.1) is 13.7 Å². The largest absolute Gasteiger partial charge is 0.468 e. The predicted molar refractivity (Wildman–Crippen MR) is 111 cm³/mol. The first kappa shape index (κ1) is 20.5. The van der Waals surface area contributed by atoms with Crippen molar-refractivity contribution in [2.45, 2.75) is 38.6 Å². The summed E-state index contributed by atoms with van der Waals surface area (Å²) in [6, 6.07) is 8.12. The molecule has 0 atom stereocenters. The van der Waals surface area contributed by atoms with E-state index in [0.717, 1.165) is 56.3 Å². The second-order valence-corrected chi connectivity index (χ2v) is 7.94. The monoisotopic (exact) mass is 388 g/mol. The van der Waals surface area contributed by atoms with Crippen molar-refractivity contribution >= 4 is 23.4 Å². The molecule has 2 N–H and O–H groups in total. The average molecular weight is 389 g/mol. The fraction of sp³-hybridized carbons (Fsp3) is 0.619. The molecular formula is C21H32N4O3. The van der Waals surface area contributed by atoms with Gasteiger partial charge in [-0.1, -0.05) is 6.92 Å². The van der Waals surface area contributed by atoms with Crippen LogP contribution in [0.1, 0.15) is 32.6 Å². The van der Waals surface area contributed by atoms with Crippen molar-refractivity contribution in [1.82, 2.24) is 10.2 Å². The van der Waals surface area contributed by atoms with Crippen LogP contribution in [0.15, 0.2) is 24.3 Å². The van der Waals surface area contributed by atoms with E-state index in [2.05, 4.69) is 27.4 Å². The summed E-state index contributed by atoms with van der Waals surface area (Å²) in [7, 11) is 1.42. The van der Waals surface area contributed by atoms with Crippen LogP contribution in [0.2, 0.25) is 0 Å². The molecule has 0 radical (unpaired) electrons. The topological polar surface area (TPSA) is 73.9 Å². The Labute approximate surface area is 167 Å². The van der Waals surface area contributed by atoms with Crippen LogP contribution >= 0.6 is 0 Å². The Kier molecular flexibility index (Phi) is 7.14. The maximum absolute atomic E-state index is 12.2. The van der Waals surface area contributed by atoms with Gasteiger partial charge in [-0.3, -0.25) is 9.69 Å². The zero-order valence-corrected chi connectivity index (χ0v) is 16.9. The lowest BCUT2D eigenvalue weighted by Gasteiger charge is -2.35. The minimum atomic E-state index is -0.190. The Bertz CT molecular complexity index is 648. The van der Waals surface area contributed by atoms with E-state index >= 15 is 0 Å². The summed E-state index contributed by atoms with van der Waals surface area (Å²) in [5, 5.41) is 6.02. The first-order valence-corrected chi connectivity index (χ1v) is 10.2. The van der Waals surface area contributed by atoms with Crippen LogP contribution in [0.5, 0.6) is 0 Å². The van der Waals surface area contributed by atoms with Crippen LogP contribution in [-0.2, 0) is 9.53 Å². The van der Waals surface area contributed by atoms with Gasteiger partial charge in [0, 0.05) is 43.6 Å². The number of ether oxygens (including phenoxy) is 1. The lowest BCUT2D eigenvalue weighted by Crippen LogP contribution is -2.48. The number of anilines is 2. The highest BCUT2D eigenvalue weighted by atomic mass is 16.5. The number of hydrogen-bond acceptors (Lipinski definition) is 5. The predicted octanol–water partition coefficient (Wildman–Crippen LogP) is 2.68. The summed E-state index contributed by atoms with van der Waals surface area (Å²) < 4.78 is 4.73. The molecule has 1 aromatic carbocycles. The Balaban J connectivity index is 1.43. The molecule has 1 aliphatic carbocycles. The van der Waals surface area contributed by atoms with Gasteiger partial charge < -0.3 is 20.3 Å². The maximum Gasteiger partial charge on any atom is 0.319 e. The molecule has 2 aliphatic rings. The fourth-order valence-corrected chi connectivity index (χ4v) is 3.92. The van der Waals surface area contributed by atoms with E-state index in [9.17, 15) is 9.59 Å². The van der Waals surface area contributed by atoms with E-state index in [-0.39, 0.29) is 18.0 Å². The number of benzene rings is 1. The number of nitrogens with zero attached hydrogens (tertiary/aromatic N) is 2. The van der Waals surface area contributed by atoms with Gasteiger partial charge in [0.2, 0.25) is 0 Å². The number of methoxy groups -OCH3 is 1. The molecule has 7 heteroatoms. The van der Waals surface area contributed by atoms with Crippen LogP contribution < -0.4 is 15.5 Å². The second kappa shape index (κ2) is 9.78. The SMILES string of the molecule is COC(=O)CN1CCN(c2ccc(NC(=O)NC3CCC(C)CC3)cc2)CC1. The standard InChI is InChI=1S/C21H32N4O3/c1-16-3-5-17(6-4-16)22-21(27)23-18-7-9-19(10-8-18)25-13-11-24(12-14-25)15-20(26)28-2/h7-10,16-17H,3-6,11-15H2,1-2H3,(H2,22,23,27). The first-order valence-electron chi connectivity index (χ1n) is 10.2. The summed E-state index contributed by atoms with van der Waals surface area (Å²) >= 11 is 0. The van der Waals surface area contributed by atoms with Crippen molar-refractivity contribution in [3.63, 3.8) is 0 Å². The number of carbonyl (C=O) groups excluding carboxylic acids is 2. The maximum atomic E-state index is 12.2. The quantitative estimate of drug-likeness (QED) is 0.759. The zero-order chi connectivity index (χ0) is 19.9. The number of rotatable bonds is 5. The number of esters is 1. The molecule has 2 amide bonds. The molecule has 7 nitrogen and oxygen atoms in total. The van der Waals surface area contributed by atoms with Crippen LogP contribution in [0.3, 0.4) is 0 Å². The Hall–Kier alpha value is -2.28. The highest BCUT2D eigenvalue weighted by Crippen LogP contribution is 2.24. The molecule has 0 bridgehead atoms. The fourth-order valence-electron chi connectivity index (χ4n) is 3.92. The van der Waals surface area contributed by atoms with E-state index in [4.69, 9.17) is 4.74 Å². The van der Waals surface area contributed by atoms with Crippen molar-refractivity contribution in [3.8, 4) is 0 Å². The van der Waals surface area contributed by atoms with Crippen LogP contribution in [0.25, 0.3) is 0 Å². The van der Waals surface area contributed by atoms with E-state index in [1.165, 1.54) is 20.0 Å². The van der Waals surface area contributed by atoms with Crippen molar-refractivity contribution < 1.29 is 14.3 Å². The highest BCUT2D eigenvalue weighted by Gasteiger charge is 2.21. The van der Waals surface area contributed by atoms with Gasteiger partial charge in [-0.05, 0) is 55.9 Å². The number of nitrogens with one attached hydrogen (secondary N) is 2. The summed E-state index contributed by atoms with van der Waals surface area (Å²) in [6.45, 7) is 6.02. The van der Waals surface area contributed by atoms with E-state index in [0.29, 0.717) is 6.54 Å². The molecule has 1 heterocycles. The summed E-state index contributed by atoms with van der Waals surface area (Å²) in [5.74, 6) is 0.584. The molecule has 1 saturated carbocycles.